The minimum absolute atomic E-state index is 0.0746. The lowest BCUT2D eigenvalue weighted by Gasteiger charge is -2.57. The quantitative estimate of drug-likeness (QED) is 0.674. The lowest BCUT2D eigenvalue weighted by molar-refractivity contribution is -0.135. The lowest BCUT2D eigenvalue weighted by atomic mass is 9.47. The fourth-order valence-electron chi connectivity index (χ4n) is 5.40. The van der Waals surface area contributed by atoms with Crippen molar-refractivity contribution in [1.29, 1.82) is 0 Å². The van der Waals surface area contributed by atoms with Crippen LogP contribution in [0.15, 0.2) is 0 Å². The highest BCUT2D eigenvalue weighted by Gasteiger charge is 2.53. The molecule has 0 aromatic carbocycles. The van der Waals surface area contributed by atoms with Crippen LogP contribution in [0.3, 0.4) is 0 Å². The molecule has 106 valence electrons. The molecular formula is C17H26O2. The van der Waals surface area contributed by atoms with Gasteiger partial charge in [-0.3, -0.25) is 4.79 Å². The van der Waals surface area contributed by atoms with Crippen molar-refractivity contribution < 1.29 is 9.59 Å². The van der Waals surface area contributed by atoms with Crippen LogP contribution in [0.25, 0.3) is 0 Å². The van der Waals surface area contributed by atoms with Gasteiger partial charge in [-0.15, -0.1) is 0 Å². The zero-order chi connectivity index (χ0) is 13.7. The molecule has 0 aromatic heterocycles. The Kier molecular flexibility index (Phi) is 3.11. The second-order valence-corrected chi connectivity index (χ2v) is 7.90. The van der Waals surface area contributed by atoms with E-state index in [2.05, 4.69) is 13.8 Å². The molecule has 19 heavy (non-hydrogen) atoms. The average Bonchev–Trinajstić information content (AvgIpc) is 2.39. The van der Waals surface area contributed by atoms with Crippen molar-refractivity contribution in [1.82, 2.24) is 0 Å². The van der Waals surface area contributed by atoms with Crippen LogP contribution in [0.1, 0.15) is 65.2 Å². The molecular weight excluding hydrogens is 236 g/mol. The molecule has 0 heterocycles. The van der Waals surface area contributed by atoms with E-state index in [4.69, 9.17) is 0 Å². The summed E-state index contributed by atoms with van der Waals surface area (Å²) in [6, 6.07) is 0. The largest absolute Gasteiger partial charge is 0.303 e. The summed E-state index contributed by atoms with van der Waals surface area (Å²) in [5, 5.41) is 0. The Bertz CT molecular complexity index is 402. The summed E-state index contributed by atoms with van der Waals surface area (Å²) in [4.78, 5) is 23.0. The van der Waals surface area contributed by atoms with Gasteiger partial charge in [-0.2, -0.15) is 0 Å². The van der Waals surface area contributed by atoms with Crippen molar-refractivity contribution in [3.63, 3.8) is 0 Å². The van der Waals surface area contributed by atoms with Crippen molar-refractivity contribution >= 4 is 12.1 Å². The molecule has 0 aliphatic heterocycles. The Morgan fingerprint density at radius 3 is 2.68 bits per heavy atom. The van der Waals surface area contributed by atoms with Gasteiger partial charge in [0.15, 0.2) is 0 Å². The maximum absolute atomic E-state index is 11.7. The standard InChI is InChI=1S/C17H26O2/c1-16(11-18)7-6-15-12(10-16)3-4-13-9-14(19)5-8-17(13,15)2/h11-13,15H,3-10H2,1-2H3/t12-,13+,15-,16-,17-/m0/s1. The lowest BCUT2D eigenvalue weighted by Crippen LogP contribution is -2.50. The second-order valence-electron chi connectivity index (χ2n) is 7.90. The number of hydrogen-bond acceptors (Lipinski definition) is 2. The third kappa shape index (κ3) is 2.08. The first-order chi connectivity index (χ1) is 8.97. The minimum atomic E-state index is -0.0746. The number of fused-ring (bicyclic) bond motifs is 3. The van der Waals surface area contributed by atoms with Gasteiger partial charge >= 0.3 is 0 Å². The first-order valence-corrected chi connectivity index (χ1v) is 7.95. The summed E-state index contributed by atoms with van der Waals surface area (Å²) in [5.74, 6) is 2.58. The molecule has 3 fully saturated rings. The Morgan fingerprint density at radius 1 is 1.16 bits per heavy atom. The van der Waals surface area contributed by atoms with E-state index >= 15 is 0 Å². The van der Waals surface area contributed by atoms with Gasteiger partial charge in [0.25, 0.3) is 0 Å². The van der Waals surface area contributed by atoms with E-state index in [1.165, 1.54) is 25.5 Å². The molecule has 0 N–H and O–H groups in total. The van der Waals surface area contributed by atoms with Gasteiger partial charge in [0.05, 0.1) is 0 Å². The SMILES string of the molecule is C[C@]1(C=O)CC[C@H]2[C@@H](CC[C@@H]3CC(=O)CC[C@@]32C)C1. The predicted molar refractivity (Wildman–Crippen MR) is 74.7 cm³/mol. The smallest absolute Gasteiger partial charge is 0.133 e. The van der Waals surface area contributed by atoms with E-state index in [1.54, 1.807) is 0 Å². The zero-order valence-corrected chi connectivity index (χ0v) is 12.3. The summed E-state index contributed by atoms with van der Waals surface area (Å²) in [7, 11) is 0. The topological polar surface area (TPSA) is 34.1 Å². The van der Waals surface area contributed by atoms with Crippen molar-refractivity contribution in [2.24, 2.45) is 28.6 Å². The van der Waals surface area contributed by atoms with Crippen molar-refractivity contribution in [2.45, 2.75) is 65.2 Å². The molecule has 0 amide bonds. The van der Waals surface area contributed by atoms with E-state index in [-0.39, 0.29) is 5.41 Å². The molecule has 3 saturated carbocycles. The van der Waals surface area contributed by atoms with Crippen LogP contribution >= 0.6 is 0 Å². The predicted octanol–water partition coefficient (Wildman–Crippen LogP) is 3.78. The van der Waals surface area contributed by atoms with Crippen molar-refractivity contribution in [3.8, 4) is 0 Å². The van der Waals surface area contributed by atoms with Crippen LogP contribution < -0.4 is 0 Å². The number of hydrogen-bond donors (Lipinski definition) is 0. The molecule has 0 bridgehead atoms. The minimum Gasteiger partial charge on any atom is -0.303 e. The van der Waals surface area contributed by atoms with E-state index in [0.717, 1.165) is 43.9 Å². The van der Waals surface area contributed by atoms with Crippen LogP contribution in [0.4, 0.5) is 0 Å². The zero-order valence-electron chi connectivity index (χ0n) is 12.3. The molecule has 2 nitrogen and oxygen atoms in total. The first kappa shape index (κ1) is 13.3. The Balaban J connectivity index is 1.82. The van der Waals surface area contributed by atoms with Crippen LogP contribution in [0.5, 0.6) is 0 Å². The van der Waals surface area contributed by atoms with Crippen LogP contribution in [0.2, 0.25) is 0 Å². The second kappa shape index (κ2) is 4.43. The van der Waals surface area contributed by atoms with Crippen LogP contribution in [-0.2, 0) is 9.59 Å². The number of rotatable bonds is 1. The molecule has 0 unspecified atom stereocenters. The Morgan fingerprint density at radius 2 is 1.95 bits per heavy atom. The monoisotopic (exact) mass is 262 g/mol. The van der Waals surface area contributed by atoms with Crippen molar-refractivity contribution in [3.05, 3.63) is 0 Å². The average molecular weight is 262 g/mol. The van der Waals surface area contributed by atoms with Crippen LogP contribution in [-0.4, -0.2) is 12.1 Å². The summed E-state index contributed by atoms with van der Waals surface area (Å²) < 4.78 is 0. The molecule has 3 rings (SSSR count). The van der Waals surface area contributed by atoms with Gasteiger partial charge in [-0.05, 0) is 61.7 Å². The van der Waals surface area contributed by atoms with Crippen molar-refractivity contribution in [2.75, 3.05) is 0 Å². The summed E-state index contributed by atoms with van der Waals surface area (Å²) in [6.07, 6.45) is 9.68. The van der Waals surface area contributed by atoms with E-state index in [9.17, 15) is 9.59 Å². The number of carbonyl (C=O) groups is 2. The van der Waals surface area contributed by atoms with Crippen LogP contribution in [0, 0.1) is 28.6 Å². The molecule has 0 spiro atoms. The molecule has 0 radical (unpaired) electrons. The van der Waals surface area contributed by atoms with Gasteiger partial charge in [-0.1, -0.05) is 13.8 Å². The number of aldehydes is 1. The maximum Gasteiger partial charge on any atom is 0.133 e. The first-order valence-electron chi connectivity index (χ1n) is 7.95. The molecule has 3 aliphatic carbocycles. The molecule has 5 atom stereocenters. The summed E-state index contributed by atoms with van der Waals surface area (Å²) >= 11 is 0. The number of Topliss-reactive ketones (excluding diaryl/α,β-unsaturated/α-hetero) is 1. The van der Waals surface area contributed by atoms with Gasteiger partial charge < -0.3 is 4.79 Å². The highest BCUT2D eigenvalue weighted by Crippen LogP contribution is 2.60. The highest BCUT2D eigenvalue weighted by molar-refractivity contribution is 5.79. The van der Waals surface area contributed by atoms with Gasteiger partial charge in [0.2, 0.25) is 0 Å². The molecule has 0 aromatic rings. The number of ketones is 1. The van der Waals surface area contributed by atoms with E-state index in [0.29, 0.717) is 17.1 Å². The van der Waals surface area contributed by atoms with Gasteiger partial charge in [-0.25, -0.2) is 0 Å². The van der Waals surface area contributed by atoms with E-state index in [1.807, 2.05) is 0 Å². The fraction of sp³-hybridized carbons (Fsp3) is 0.882. The summed E-state index contributed by atoms with van der Waals surface area (Å²) in [6.45, 7) is 4.57. The molecule has 0 saturated heterocycles. The fourth-order valence-corrected chi connectivity index (χ4v) is 5.40. The normalized spacial score (nSPS) is 50.2. The summed E-state index contributed by atoms with van der Waals surface area (Å²) in [5.41, 5.74) is 0.301. The Labute approximate surface area is 116 Å². The Hall–Kier alpha value is -0.660. The van der Waals surface area contributed by atoms with Gasteiger partial charge in [0, 0.05) is 18.3 Å². The van der Waals surface area contributed by atoms with E-state index < -0.39 is 0 Å². The third-order valence-corrected chi connectivity index (χ3v) is 6.69. The number of carbonyl (C=O) groups excluding carboxylic acids is 2. The highest BCUT2D eigenvalue weighted by atomic mass is 16.1. The van der Waals surface area contributed by atoms with Gasteiger partial charge in [0.1, 0.15) is 12.1 Å². The maximum atomic E-state index is 11.7. The molecule has 2 heteroatoms. The third-order valence-electron chi connectivity index (χ3n) is 6.69. The molecule has 3 aliphatic rings.